The molecule has 1 saturated heterocycles. The summed E-state index contributed by atoms with van der Waals surface area (Å²) in [7, 11) is -1.53. The average molecular weight is 835 g/mol. The summed E-state index contributed by atoms with van der Waals surface area (Å²) in [5.74, 6) is 4.62. The number of carbonyl (C=O) groups excluding carboxylic acids is 1. The highest BCUT2D eigenvalue weighted by Gasteiger charge is 2.53. The lowest BCUT2D eigenvalue weighted by Crippen LogP contribution is -2.68. The third kappa shape index (κ3) is 11.9. The first kappa shape index (κ1) is 46.9. The van der Waals surface area contributed by atoms with E-state index in [1.54, 1.807) is 39.0 Å². The summed E-state index contributed by atoms with van der Waals surface area (Å²) in [6.07, 6.45) is -0.0896. The molecule has 1 aliphatic heterocycles. The molecule has 4 rings (SSSR count). The zero-order chi connectivity index (χ0) is 42.9. The summed E-state index contributed by atoms with van der Waals surface area (Å²) in [5, 5.41) is 13.2. The second-order valence-electron chi connectivity index (χ2n) is 17.6. The number of alkyl halides is 1. The third-order valence-corrected chi connectivity index (χ3v) is 17.0. The van der Waals surface area contributed by atoms with Gasteiger partial charge in [0.15, 0.2) is 18.2 Å². The standard InChI is InChI=1S/C46H63FO9Si2/c1-33(56-58(44(2,3)4,36-21-15-13-16-22-36)37-23-17-14-18-24-37)46(7,47)27-26-38(48)42-39(54-45(5,6)55-42)25-19-20-34-30-35(51-9)31-40(53-32-50-8)41(34)43(49)52-28-29-57(10,11)12/h13-24,30-31,33,38-39,42,48H,25,28-29,32H2,1-12H3/b20-19+/t33?,38?,39-,42+,46?/m0/s1. The lowest BCUT2D eigenvalue weighted by Gasteiger charge is -2.45. The van der Waals surface area contributed by atoms with E-state index in [0.29, 0.717) is 17.9 Å². The monoisotopic (exact) mass is 834 g/mol. The van der Waals surface area contributed by atoms with E-state index < -0.39 is 58.2 Å². The van der Waals surface area contributed by atoms with Crippen LogP contribution in [0.1, 0.15) is 70.8 Å². The molecule has 5 atom stereocenters. The van der Waals surface area contributed by atoms with Crippen LogP contribution >= 0.6 is 0 Å². The molecule has 58 heavy (non-hydrogen) atoms. The van der Waals surface area contributed by atoms with Crippen LogP contribution in [0.25, 0.3) is 6.08 Å². The lowest BCUT2D eigenvalue weighted by atomic mass is 10.00. The van der Waals surface area contributed by atoms with Crippen LogP contribution in [0.2, 0.25) is 30.7 Å². The first-order valence-electron chi connectivity index (χ1n) is 19.9. The van der Waals surface area contributed by atoms with Crippen LogP contribution in [0.5, 0.6) is 11.5 Å². The van der Waals surface area contributed by atoms with E-state index in [1.165, 1.54) is 21.1 Å². The second-order valence-corrected chi connectivity index (χ2v) is 27.5. The van der Waals surface area contributed by atoms with Crippen molar-refractivity contribution >= 4 is 38.8 Å². The number of carbonyl (C=O) groups is 1. The van der Waals surface area contributed by atoms with E-state index >= 15 is 4.39 Å². The molecule has 0 radical (unpaired) electrons. The van der Waals surface area contributed by atoms with Gasteiger partial charge >= 0.3 is 5.97 Å². The maximum atomic E-state index is 16.8. The molecular weight excluding hydrogens is 772 g/mol. The summed E-state index contributed by atoms with van der Waals surface area (Å²) in [5.41, 5.74) is -1.41. The van der Waals surface area contributed by atoms with Gasteiger partial charge in [-0.2, -0.15) is 0 Å². The van der Waals surface area contributed by atoms with Crippen molar-refractivity contribution in [2.24, 2.45) is 0 Å². The summed E-state index contributed by atoms with van der Waals surface area (Å²) < 4.78 is 58.3. The number of aliphatic hydroxyl groups is 1. The first-order valence-corrected chi connectivity index (χ1v) is 25.5. The smallest absolute Gasteiger partial charge is 0.342 e. The Morgan fingerprint density at radius 2 is 1.59 bits per heavy atom. The van der Waals surface area contributed by atoms with Crippen LogP contribution in [0, 0.1) is 11.8 Å². The van der Waals surface area contributed by atoms with Gasteiger partial charge in [0, 0.05) is 21.3 Å². The molecule has 0 saturated carbocycles. The van der Waals surface area contributed by atoms with Crippen molar-refractivity contribution in [1.29, 1.82) is 0 Å². The highest BCUT2D eigenvalue weighted by atomic mass is 28.4. The molecule has 0 spiro atoms. The Bertz CT molecular complexity index is 1850. The van der Waals surface area contributed by atoms with Gasteiger partial charge in [0.05, 0.1) is 25.9 Å². The van der Waals surface area contributed by atoms with Gasteiger partial charge in [-0.3, -0.25) is 0 Å². The average Bonchev–Trinajstić information content (AvgIpc) is 3.48. The molecule has 0 aliphatic carbocycles. The maximum absolute atomic E-state index is 16.8. The van der Waals surface area contributed by atoms with Gasteiger partial charge in [0.1, 0.15) is 29.3 Å². The molecule has 1 heterocycles. The van der Waals surface area contributed by atoms with E-state index in [-0.39, 0.29) is 29.6 Å². The van der Waals surface area contributed by atoms with E-state index in [0.717, 1.165) is 16.4 Å². The van der Waals surface area contributed by atoms with Crippen molar-refractivity contribution in [3.63, 3.8) is 0 Å². The van der Waals surface area contributed by atoms with E-state index in [4.69, 9.17) is 32.8 Å². The molecule has 3 aromatic rings. The summed E-state index contributed by atoms with van der Waals surface area (Å²) in [4.78, 5) is 13.5. The van der Waals surface area contributed by atoms with Gasteiger partial charge in [-0.1, -0.05) is 125 Å². The Hall–Kier alpha value is -3.81. The summed E-state index contributed by atoms with van der Waals surface area (Å²) >= 11 is 0. The zero-order valence-electron chi connectivity index (χ0n) is 36.3. The maximum Gasteiger partial charge on any atom is 0.342 e. The van der Waals surface area contributed by atoms with Crippen LogP contribution in [0.15, 0.2) is 78.9 Å². The van der Waals surface area contributed by atoms with Crippen molar-refractivity contribution in [3.8, 4) is 23.3 Å². The molecule has 0 amide bonds. The zero-order valence-corrected chi connectivity index (χ0v) is 38.3. The Kier molecular flexibility index (Phi) is 15.8. The largest absolute Gasteiger partial charge is 0.497 e. The van der Waals surface area contributed by atoms with Crippen molar-refractivity contribution < 1.29 is 47.1 Å². The van der Waals surface area contributed by atoms with Crippen LogP contribution in [-0.4, -0.2) is 91.0 Å². The Morgan fingerprint density at radius 3 is 2.12 bits per heavy atom. The third-order valence-electron chi connectivity index (χ3n) is 10.2. The Balaban J connectivity index is 1.60. The Morgan fingerprint density at radius 1 is 0.983 bits per heavy atom. The number of benzene rings is 3. The van der Waals surface area contributed by atoms with Crippen LogP contribution in [0.4, 0.5) is 4.39 Å². The summed E-state index contributed by atoms with van der Waals surface area (Å²) in [6.45, 7) is 19.8. The van der Waals surface area contributed by atoms with Gasteiger partial charge in [-0.05, 0) is 67.2 Å². The van der Waals surface area contributed by atoms with Crippen LogP contribution < -0.4 is 19.8 Å². The summed E-state index contributed by atoms with van der Waals surface area (Å²) in [6, 6.07) is 24.2. The molecule has 3 aromatic carbocycles. The van der Waals surface area contributed by atoms with E-state index in [1.807, 2.05) is 42.5 Å². The van der Waals surface area contributed by atoms with Crippen molar-refractivity contribution in [2.75, 3.05) is 27.6 Å². The highest BCUT2D eigenvalue weighted by Crippen LogP contribution is 2.39. The van der Waals surface area contributed by atoms with Gasteiger partial charge in [0.25, 0.3) is 8.32 Å². The molecule has 3 unspecified atom stereocenters. The fraction of sp³-hybridized carbons (Fsp3) is 0.500. The number of rotatable bonds is 17. The van der Waals surface area contributed by atoms with Gasteiger partial charge < -0.3 is 38.0 Å². The number of halogens is 1. The number of ether oxygens (including phenoxy) is 6. The number of methoxy groups -OCH3 is 2. The molecule has 1 fully saturated rings. The van der Waals surface area contributed by atoms with Gasteiger partial charge in [-0.25, -0.2) is 9.18 Å². The fourth-order valence-corrected chi connectivity index (χ4v) is 12.4. The molecule has 316 valence electrons. The van der Waals surface area contributed by atoms with E-state index in [9.17, 15) is 9.90 Å². The number of aliphatic hydroxyl groups excluding tert-OH is 1. The molecule has 9 nitrogen and oxygen atoms in total. The number of esters is 1. The molecular formula is C46H63FO9Si2. The minimum Gasteiger partial charge on any atom is -0.497 e. The fourth-order valence-electron chi connectivity index (χ4n) is 6.94. The molecule has 0 aromatic heterocycles. The Labute approximate surface area is 347 Å². The van der Waals surface area contributed by atoms with Crippen molar-refractivity contribution in [2.45, 2.75) is 121 Å². The minimum atomic E-state index is -3.09. The predicted molar refractivity (Wildman–Crippen MR) is 233 cm³/mol. The topological polar surface area (TPSA) is 102 Å². The molecule has 1 aliphatic rings. The predicted octanol–water partition coefficient (Wildman–Crippen LogP) is 8.15. The lowest BCUT2D eigenvalue weighted by molar-refractivity contribution is -0.151. The highest BCUT2D eigenvalue weighted by molar-refractivity contribution is 6.99. The first-order chi connectivity index (χ1) is 27.1. The SMILES string of the molecule is COCOc1cc(OC)cc(/C=C/C[C@@H]2OC(C)(C)O[C@@H]2C(O)C#CC(C)(F)C(C)O[Si](c2ccccc2)(c2ccccc2)C(C)(C)C)c1C(=O)OCC[Si](C)(C)C. The van der Waals surface area contributed by atoms with Crippen molar-refractivity contribution in [1.82, 2.24) is 0 Å². The molecule has 0 bridgehead atoms. The quantitative estimate of drug-likeness (QED) is 0.0625. The van der Waals surface area contributed by atoms with Gasteiger partial charge in [-0.15, -0.1) is 0 Å². The number of hydrogen-bond acceptors (Lipinski definition) is 9. The van der Waals surface area contributed by atoms with Gasteiger partial charge in [0.2, 0.25) is 0 Å². The van der Waals surface area contributed by atoms with Crippen LogP contribution in [-0.2, 0) is 23.4 Å². The normalized spacial score (nSPS) is 19.1. The number of hydrogen-bond donors (Lipinski definition) is 1. The second kappa shape index (κ2) is 19.5. The minimum absolute atomic E-state index is 0.0866. The van der Waals surface area contributed by atoms with Crippen LogP contribution in [0.3, 0.4) is 0 Å². The molecule has 12 heteroatoms. The van der Waals surface area contributed by atoms with Crippen molar-refractivity contribution in [3.05, 3.63) is 90.0 Å². The van der Waals surface area contributed by atoms with E-state index in [2.05, 4.69) is 76.5 Å². The molecule has 1 N–H and O–H groups in total.